The van der Waals surface area contributed by atoms with Crippen LogP contribution in [0.15, 0.2) is 4.42 Å². The number of aliphatic hydroxyl groups excluding tert-OH is 1. The topological polar surface area (TPSA) is 97.5 Å². The van der Waals surface area contributed by atoms with Crippen LogP contribution >= 0.6 is 0 Å². The Kier molecular flexibility index (Phi) is 4.51. The van der Waals surface area contributed by atoms with Crippen LogP contribution in [-0.4, -0.2) is 33.0 Å². The molecule has 0 saturated heterocycles. The highest BCUT2D eigenvalue weighted by Gasteiger charge is 2.32. The molecular weight excluding hydrogens is 274 g/mol. The van der Waals surface area contributed by atoms with E-state index in [1.54, 1.807) is 20.8 Å². The number of carbonyl (C=O) groups is 1. The standard InChI is InChI=1S/C14H23N3O4/c1-5-9(15-13(19)21-14(2,3)4)10(18)12-17-16-11(20-12)8-6-7-8/h8-10,18H,5-7H2,1-4H3,(H,15,19). The van der Waals surface area contributed by atoms with Gasteiger partial charge in [-0.1, -0.05) is 6.92 Å². The van der Waals surface area contributed by atoms with Crippen molar-refractivity contribution in [2.24, 2.45) is 0 Å². The van der Waals surface area contributed by atoms with Crippen molar-refractivity contribution in [2.75, 3.05) is 0 Å². The highest BCUT2D eigenvalue weighted by Crippen LogP contribution is 2.39. The van der Waals surface area contributed by atoms with Gasteiger partial charge in [0.2, 0.25) is 11.8 Å². The molecule has 0 aliphatic heterocycles. The van der Waals surface area contributed by atoms with Crippen molar-refractivity contribution >= 4 is 6.09 Å². The maximum Gasteiger partial charge on any atom is 0.407 e. The molecule has 7 heteroatoms. The van der Waals surface area contributed by atoms with Crippen LogP contribution in [0.3, 0.4) is 0 Å². The fourth-order valence-corrected chi connectivity index (χ4v) is 1.90. The molecule has 1 aliphatic rings. The predicted molar refractivity (Wildman–Crippen MR) is 74.7 cm³/mol. The van der Waals surface area contributed by atoms with Gasteiger partial charge in [0.15, 0.2) is 6.10 Å². The minimum absolute atomic E-state index is 0.139. The second-order valence-electron chi connectivity index (χ2n) is 6.36. The van der Waals surface area contributed by atoms with Crippen LogP contribution in [0.25, 0.3) is 0 Å². The van der Waals surface area contributed by atoms with Crippen molar-refractivity contribution in [3.05, 3.63) is 11.8 Å². The van der Waals surface area contributed by atoms with Crippen LogP contribution in [0.5, 0.6) is 0 Å². The van der Waals surface area contributed by atoms with E-state index in [2.05, 4.69) is 15.5 Å². The average Bonchev–Trinajstić information content (AvgIpc) is 3.11. The van der Waals surface area contributed by atoms with Crippen LogP contribution < -0.4 is 5.32 Å². The van der Waals surface area contributed by atoms with Gasteiger partial charge in [-0.25, -0.2) is 4.79 Å². The lowest BCUT2D eigenvalue weighted by atomic mass is 10.1. The fraction of sp³-hybridized carbons (Fsp3) is 0.786. The number of aliphatic hydroxyl groups is 1. The number of alkyl carbamates (subject to hydrolysis) is 1. The van der Waals surface area contributed by atoms with Crippen LogP contribution in [0.2, 0.25) is 0 Å². The van der Waals surface area contributed by atoms with Crippen molar-refractivity contribution < 1.29 is 19.1 Å². The van der Waals surface area contributed by atoms with Crippen molar-refractivity contribution in [1.82, 2.24) is 15.5 Å². The molecule has 118 valence electrons. The number of hydrogen-bond acceptors (Lipinski definition) is 6. The number of hydrogen-bond donors (Lipinski definition) is 2. The summed E-state index contributed by atoms with van der Waals surface area (Å²) in [6.07, 6.45) is 0.996. The molecule has 0 radical (unpaired) electrons. The number of aromatic nitrogens is 2. The first kappa shape index (κ1) is 15.8. The third-order valence-electron chi connectivity index (χ3n) is 3.16. The quantitative estimate of drug-likeness (QED) is 0.865. The van der Waals surface area contributed by atoms with E-state index in [0.717, 1.165) is 12.8 Å². The lowest BCUT2D eigenvalue weighted by Gasteiger charge is -2.24. The summed E-state index contributed by atoms with van der Waals surface area (Å²) in [7, 11) is 0. The lowest BCUT2D eigenvalue weighted by molar-refractivity contribution is 0.0383. The first-order valence-corrected chi connectivity index (χ1v) is 7.31. The maximum atomic E-state index is 11.8. The molecule has 21 heavy (non-hydrogen) atoms. The first-order chi connectivity index (χ1) is 9.80. The summed E-state index contributed by atoms with van der Waals surface area (Å²) in [5, 5.41) is 20.7. The fourth-order valence-electron chi connectivity index (χ4n) is 1.90. The van der Waals surface area contributed by atoms with Gasteiger partial charge in [-0.2, -0.15) is 0 Å². The monoisotopic (exact) mass is 297 g/mol. The molecule has 1 aliphatic carbocycles. The Morgan fingerprint density at radius 1 is 1.48 bits per heavy atom. The molecule has 2 N–H and O–H groups in total. The molecular formula is C14H23N3O4. The molecule has 1 heterocycles. The molecule has 1 saturated carbocycles. The highest BCUT2D eigenvalue weighted by atomic mass is 16.6. The number of amides is 1. The van der Waals surface area contributed by atoms with Crippen molar-refractivity contribution in [3.63, 3.8) is 0 Å². The Balaban J connectivity index is 1.96. The summed E-state index contributed by atoms with van der Waals surface area (Å²) < 4.78 is 10.7. The van der Waals surface area contributed by atoms with Gasteiger partial charge >= 0.3 is 6.09 Å². The summed E-state index contributed by atoms with van der Waals surface area (Å²) in [6.45, 7) is 7.20. The van der Waals surface area contributed by atoms with Gasteiger partial charge in [0.1, 0.15) is 5.60 Å². The molecule has 0 aromatic carbocycles. The SMILES string of the molecule is CCC(NC(=O)OC(C)(C)C)C(O)c1nnc(C2CC2)o1. The molecule has 2 rings (SSSR count). The molecule has 1 fully saturated rings. The van der Waals surface area contributed by atoms with Gasteiger partial charge in [0.05, 0.1) is 6.04 Å². The minimum atomic E-state index is -1.04. The van der Waals surface area contributed by atoms with Crippen molar-refractivity contribution in [1.29, 1.82) is 0 Å². The lowest BCUT2D eigenvalue weighted by Crippen LogP contribution is -2.42. The molecule has 1 amide bonds. The van der Waals surface area contributed by atoms with Gasteiger partial charge in [-0.15, -0.1) is 10.2 Å². The Bertz CT molecular complexity index is 491. The third-order valence-corrected chi connectivity index (χ3v) is 3.16. The molecule has 7 nitrogen and oxygen atoms in total. The Morgan fingerprint density at radius 3 is 2.67 bits per heavy atom. The molecule has 2 unspecified atom stereocenters. The second kappa shape index (κ2) is 6.01. The average molecular weight is 297 g/mol. The van der Waals surface area contributed by atoms with E-state index in [-0.39, 0.29) is 5.89 Å². The Labute approximate surface area is 124 Å². The largest absolute Gasteiger partial charge is 0.444 e. The zero-order chi connectivity index (χ0) is 15.6. The molecule has 1 aromatic heterocycles. The van der Waals surface area contributed by atoms with Crippen molar-refractivity contribution in [2.45, 2.75) is 70.6 Å². The molecule has 0 spiro atoms. The van der Waals surface area contributed by atoms with Crippen LogP contribution in [0.1, 0.15) is 70.8 Å². The van der Waals surface area contributed by atoms with Gasteiger partial charge in [-0.05, 0) is 40.0 Å². The number of nitrogens with zero attached hydrogens (tertiary/aromatic N) is 2. The number of ether oxygens (including phenoxy) is 1. The van der Waals surface area contributed by atoms with E-state index >= 15 is 0 Å². The predicted octanol–water partition coefficient (Wildman–Crippen LogP) is 2.28. The van der Waals surface area contributed by atoms with Crippen LogP contribution in [0, 0.1) is 0 Å². The van der Waals surface area contributed by atoms with E-state index in [1.165, 1.54) is 0 Å². The van der Waals surface area contributed by atoms with Crippen molar-refractivity contribution in [3.8, 4) is 0 Å². The number of carbonyl (C=O) groups excluding carboxylic acids is 1. The van der Waals surface area contributed by atoms with Crippen LogP contribution in [0.4, 0.5) is 4.79 Å². The van der Waals surface area contributed by atoms with Gasteiger partial charge in [-0.3, -0.25) is 0 Å². The van der Waals surface area contributed by atoms with Crippen LogP contribution in [-0.2, 0) is 4.74 Å². The van der Waals surface area contributed by atoms with E-state index in [0.29, 0.717) is 18.2 Å². The summed E-state index contributed by atoms with van der Waals surface area (Å²) in [5.41, 5.74) is -0.586. The normalized spacial score (nSPS) is 18.1. The molecule has 2 atom stereocenters. The smallest absolute Gasteiger partial charge is 0.407 e. The molecule has 0 bridgehead atoms. The van der Waals surface area contributed by atoms with E-state index in [1.807, 2.05) is 6.92 Å². The summed E-state index contributed by atoms with van der Waals surface area (Å²) in [6, 6.07) is -0.535. The van der Waals surface area contributed by atoms with Gasteiger partial charge in [0, 0.05) is 5.92 Å². The number of rotatable bonds is 5. The molecule has 1 aromatic rings. The summed E-state index contributed by atoms with van der Waals surface area (Å²) in [5.74, 6) is 1.04. The van der Waals surface area contributed by atoms with E-state index in [9.17, 15) is 9.90 Å². The first-order valence-electron chi connectivity index (χ1n) is 7.31. The number of nitrogens with one attached hydrogen (secondary N) is 1. The maximum absolute atomic E-state index is 11.8. The summed E-state index contributed by atoms with van der Waals surface area (Å²) in [4.78, 5) is 11.8. The minimum Gasteiger partial charge on any atom is -0.444 e. The van der Waals surface area contributed by atoms with Gasteiger partial charge in [0.25, 0.3) is 0 Å². The van der Waals surface area contributed by atoms with E-state index < -0.39 is 23.8 Å². The van der Waals surface area contributed by atoms with Gasteiger partial charge < -0.3 is 19.6 Å². The third kappa shape index (κ3) is 4.42. The highest BCUT2D eigenvalue weighted by molar-refractivity contribution is 5.68. The Morgan fingerprint density at radius 2 is 2.14 bits per heavy atom. The Hall–Kier alpha value is -1.63. The van der Waals surface area contributed by atoms with E-state index in [4.69, 9.17) is 9.15 Å². The zero-order valence-corrected chi connectivity index (χ0v) is 12.9. The second-order valence-corrected chi connectivity index (χ2v) is 6.36. The summed E-state index contributed by atoms with van der Waals surface area (Å²) >= 11 is 0. The zero-order valence-electron chi connectivity index (χ0n) is 12.9.